The molecule has 0 aliphatic carbocycles. The summed E-state index contributed by atoms with van der Waals surface area (Å²) in [6, 6.07) is 12.9. The minimum absolute atomic E-state index is 0. The maximum atomic E-state index is 13.2. The summed E-state index contributed by atoms with van der Waals surface area (Å²) in [6.45, 7) is 4.94. The van der Waals surface area contributed by atoms with Gasteiger partial charge in [0.15, 0.2) is 5.96 Å². The van der Waals surface area contributed by atoms with E-state index in [4.69, 9.17) is 9.47 Å². The minimum atomic E-state index is -0.225. The third-order valence-corrected chi connectivity index (χ3v) is 5.87. The fourth-order valence-electron chi connectivity index (χ4n) is 4.11. The van der Waals surface area contributed by atoms with Gasteiger partial charge in [0, 0.05) is 51.4 Å². The van der Waals surface area contributed by atoms with Crippen LogP contribution in [-0.2, 0) is 16.7 Å². The van der Waals surface area contributed by atoms with Crippen LogP contribution in [0.2, 0.25) is 0 Å². The lowest BCUT2D eigenvalue weighted by Crippen LogP contribution is -2.48. The lowest BCUT2D eigenvalue weighted by atomic mass is 9.73. The molecule has 0 unspecified atom stereocenters. The summed E-state index contributed by atoms with van der Waals surface area (Å²) < 4.78 is 24.6. The molecule has 7 heteroatoms. The van der Waals surface area contributed by atoms with Crippen LogP contribution >= 0.6 is 24.0 Å². The Hall–Kier alpha value is -1.87. The largest absolute Gasteiger partial charge is 0.496 e. The summed E-state index contributed by atoms with van der Waals surface area (Å²) in [5.74, 6) is 1.49. The average Bonchev–Trinajstić information content (AvgIpc) is 2.76. The van der Waals surface area contributed by atoms with E-state index < -0.39 is 0 Å². The van der Waals surface area contributed by atoms with Crippen molar-refractivity contribution in [2.24, 2.45) is 4.99 Å². The number of guanidine groups is 1. The maximum Gasteiger partial charge on any atom is 0.193 e. The zero-order chi connectivity index (χ0) is 21.6. The summed E-state index contributed by atoms with van der Waals surface area (Å²) in [5.41, 5.74) is 3.37. The first kappa shape index (κ1) is 25.4. The van der Waals surface area contributed by atoms with E-state index in [2.05, 4.69) is 35.4 Å². The molecule has 0 saturated carbocycles. The Morgan fingerprint density at radius 1 is 1.19 bits per heavy atom. The maximum absolute atomic E-state index is 13.2. The zero-order valence-electron chi connectivity index (χ0n) is 18.8. The first-order valence-electron chi connectivity index (χ1n) is 10.4. The Morgan fingerprint density at radius 2 is 1.87 bits per heavy atom. The van der Waals surface area contributed by atoms with Gasteiger partial charge < -0.3 is 19.7 Å². The van der Waals surface area contributed by atoms with Gasteiger partial charge in [-0.05, 0) is 43.5 Å². The van der Waals surface area contributed by atoms with Crippen LogP contribution in [0.25, 0.3) is 0 Å². The highest BCUT2D eigenvalue weighted by atomic mass is 127. The van der Waals surface area contributed by atoms with Gasteiger partial charge in [-0.1, -0.05) is 29.8 Å². The van der Waals surface area contributed by atoms with Crippen molar-refractivity contribution in [3.63, 3.8) is 0 Å². The van der Waals surface area contributed by atoms with E-state index in [-0.39, 0.29) is 35.2 Å². The third kappa shape index (κ3) is 6.32. The summed E-state index contributed by atoms with van der Waals surface area (Å²) in [4.78, 5) is 6.52. The number of nitrogens with zero attached hydrogens (tertiary/aromatic N) is 2. The molecule has 5 nitrogen and oxygen atoms in total. The van der Waals surface area contributed by atoms with Gasteiger partial charge >= 0.3 is 0 Å². The van der Waals surface area contributed by atoms with Crippen LogP contribution in [-0.4, -0.2) is 51.8 Å². The number of ether oxygens (including phenoxy) is 2. The van der Waals surface area contributed by atoms with E-state index in [1.807, 2.05) is 11.9 Å². The van der Waals surface area contributed by atoms with Crippen LogP contribution in [0.15, 0.2) is 47.5 Å². The molecule has 0 spiro atoms. The molecular formula is C24H33FIN3O2. The molecule has 1 fully saturated rings. The Bertz CT molecular complexity index is 868. The van der Waals surface area contributed by atoms with Crippen LogP contribution in [0.3, 0.4) is 0 Å². The number of hydrogen-bond donors (Lipinski definition) is 1. The number of methoxy groups -OCH3 is 1. The van der Waals surface area contributed by atoms with Crippen LogP contribution in [0.5, 0.6) is 5.75 Å². The monoisotopic (exact) mass is 541 g/mol. The van der Waals surface area contributed by atoms with Gasteiger partial charge in [0.05, 0.1) is 7.11 Å². The summed E-state index contributed by atoms with van der Waals surface area (Å²) >= 11 is 0. The molecule has 1 aliphatic heterocycles. The molecule has 170 valence electrons. The van der Waals surface area contributed by atoms with Crippen LogP contribution in [0.4, 0.5) is 4.39 Å². The molecule has 3 rings (SSSR count). The molecule has 0 amide bonds. The fourth-order valence-corrected chi connectivity index (χ4v) is 4.11. The van der Waals surface area contributed by atoms with E-state index in [9.17, 15) is 4.39 Å². The first-order chi connectivity index (χ1) is 14.5. The van der Waals surface area contributed by atoms with Crippen LogP contribution in [0, 0.1) is 12.7 Å². The summed E-state index contributed by atoms with van der Waals surface area (Å²) in [5, 5.41) is 3.57. The Balaban J connectivity index is 0.00000341. The zero-order valence-corrected chi connectivity index (χ0v) is 21.1. The number of aliphatic imine (C=N–C) groups is 1. The number of benzene rings is 2. The van der Waals surface area contributed by atoms with E-state index in [0.717, 1.165) is 49.9 Å². The molecule has 2 aromatic carbocycles. The molecule has 2 aromatic rings. The third-order valence-electron chi connectivity index (χ3n) is 5.87. The van der Waals surface area contributed by atoms with Crippen LogP contribution < -0.4 is 10.1 Å². The van der Waals surface area contributed by atoms with Crippen LogP contribution in [0.1, 0.15) is 29.5 Å². The predicted molar refractivity (Wildman–Crippen MR) is 134 cm³/mol. The highest BCUT2D eigenvalue weighted by Gasteiger charge is 2.37. The van der Waals surface area contributed by atoms with Crippen molar-refractivity contribution in [2.45, 2.75) is 31.7 Å². The minimum Gasteiger partial charge on any atom is -0.496 e. The summed E-state index contributed by atoms with van der Waals surface area (Å²) in [6.07, 6.45) is 1.83. The molecule has 31 heavy (non-hydrogen) atoms. The van der Waals surface area contributed by atoms with E-state index >= 15 is 0 Å². The van der Waals surface area contributed by atoms with Gasteiger partial charge in [-0.15, -0.1) is 24.0 Å². The summed E-state index contributed by atoms with van der Waals surface area (Å²) in [7, 11) is 5.50. The normalized spacial score (nSPS) is 15.7. The molecule has 0 radical (unpaired) electrons. The van der Waals surface area contributed by atoms with Crippen molar-refractivity contribution in [1.29, 1.82) is 0 Å². The van der Waals surface area contributed by atoms with Crippen molar-refractivity contribution in [1.82, 2.24) is 10.2 Å². The fraction of sp³-hybridized carbons (Fsp3) is 0.458. The smallest absolute Gasteiger partial charge is 0.193 e. The van der Waals surface area contributed by atoms with Gasteiger partial charge in [-0.25, -0.2) is 4.39 Å². The van der Waals surface area contributed by atoms with Gasteiger partial charge in [-0.3, -0.25) is 4.99 Å². The number of halogens is 2. The number of aryl methyl sites for hydroxylation is 1. The quantitative estimate of drug-likeness (QED) is 0.332. The van der Waals surface area contributed by atoms with E-state index in [1.165, 1.54) is 23.3 Å². The second-order valence-corrected chi connectivity index (χ2v) is 7.98. The Morgan fingerprint density at radius 3 is 2.48 bits per heavy atom. The number of nitrogens with one attached hydrogen (secondary N) is 1. The molecule has 0 bridgehead atoms. The lowest BCUT2D eigenvalue weighted by molar-refractivity contribution is 0.0503. The molecule has 1 N–H and O–H groups in total. The van der Waals surface area contributed by atoms with Gasteiger partial charge in [0.1, 0.15) is 11.6 Å². The van der Waals surface area contributed by atoms with Crippen molar-refractivity contribution in [3.8, 4) is 5.75 Å². The van der Waals surface area contributed by atoms with Crippen molar-refractivity contribution < 1.29 is 13.9 Å². The average molecular weight is 541 g/mol. The van der Waals surface area contributed by atoms with E-state index in [0.29, 0.717) is 6.54 Å². The molecule has 1 aliphatic rings. The first-order valence-corrected chi connectivity index (χ1v) is 10.4. The van der Waals surface area contributed by atoms with Gasteiger partial charge in [0.25, 0.3) is 0 Å². The molecule has 1 saturated heterocycles. The number of hydrogen-bond acceptors (Lipinski definition) is 3. The molecule has 0 aromatic heterocycles. The molecule has 0 atom stereocenters. The van der Waals surface area contributed by atoms with Crippen molar-refractivity contribution >= 4 is 29.9 Å². The van der Waals surface area contributed by atoms with Gasteiger partial charge in [0.2, 0.25) is 0 Å². The standard InChI is InChI=1S/C24H32FN3O2.HI/c1-18-5-10-22(29-4)21(15-18)24(11-13-30-14-12-24)17-27-23(26-2)28(3)16-19-6-8-20(25)9-7-19;/h5-10,15H,11-14,16-17H2,1-4H3,(H,26,27);1H. The van der Waals surface area contributed by atoms with E-state index in [1.54, 1.807) is 26.3 Å². The van der Waals surface area contributed by atoms with Gasteiger partial charge in [-0.2, -0.15) is 0 Å². The lowest BCUT2D eigenvalue weighted by Gasteiger charge is -2.39. The SMILES string of the molecule is CN=C(NCC1(c2cc(C)ccc2OC)CCOCC1)N(C)Cc1ccc(F)cc1.I. The second kappa shape index (κ2) is 11.7. The predicted octanol–water partition coefficient (Wildman–Crippen LogP) is 4.52. The Labute approximate surface area is 202 Å². The highest BCUT2D eigenvalue weighted by molar-refractivity contribution is 14.0. The van der Waals surface area contributed by atoms with Crippen molar-refractivity contribution in [3.05, 3.63) is 65.0 Å². The highest BCUT2D eigenvalue weighted by Crippen LogP contribution is 2.40. The second-order valence-electron chi connectivity index (χ2n) is 7.98. The topological polar surface area (TPSA) is 46.1 Å². The van der Waals surface area contributed by atoms with Crippen molar-refractivity contribution in [2.75, 3.05) is 41.0 Å². The Kier molecular flexibility index (Phi) is 9.55. The molecule has 1 heterocycles. The number of rotatable bonds is 6. The molecular weight excluding hydrogens is 508 g/mol.